The summed E-state index contributed by atoms with van der Waals surface area (Å²) in [4.78, 5) is 12.1. The van der Waals surface area contributed by atoms with Gasteiger partial charge in [-0.3, -0.25) is 4.79 Å². The minimum Gasteiger partial charge on any atom is -0.504 e. The Labute approximate surface area is 120 Å². The second-order valence-electron chi connectivity index (χ2n) is 4.07. The van der Waals surface area contributed by atoms with Crippen LogP contribution in [0.2, 0.25) is 0 Å². The number of nitrogens with zero attached hydrogens (tertiary/aromatic N) is 1. The van der Waals surface area contributed by atoms with Crippen LogP contribution < -0.4 is 10.1 Å². The van der Waals surface area contributed by atoms with E-state index in [1.807, 2.05) is 6.07 Å². The Kier molecular flexibility index (Phi) is 4.26. The largest absolute Gasteiger partial charge is 0.504 e. The van der Waals surface area contributed by atoms with Crippen molar-refractivity contribution in [1.29, 1.82) is 5.26 Å². The number of carbonyl (C=O) groups excluding carboxylic acids is 1. The summed E-state index contributed by atoms with van der Waals surface area (Å²) in [5, 5.41) is 30.1. The van der Waals surface area contributed by atoms with Crippen molar-refractivity contribution in [3.8, 4) is 23.3 Å². The normalized spacial score (nSPS) is 9.67. The summed E-state index contributed by atoms with van der Waals surface area (Å²) >= 11 is 0. The van der Waals surface area contributed by atoms with Crippen molar-refractivity contribution in [3.05, 3.63) is 48.0 Å². The number of phenolic OH excluding ortho intramolecular Hbond substituents is 2. The molecular weight excluding hydrogens is 272 g/mol. The summed E-state index contributed by atoms with van der Waals surface area (Å²) in [6.07, 6.45) is 0. The first-order valence-electron chi connectivity index (χ1n) is 6.04. The number of aromatic hydroxyl groups is 2. The van der Waals surface area contributed by atoms with E-state index in [1.54, 1.807) is 24.3 Å². The maximum atomic E-state index is 12.1. The molecule has 0 saturated heterocycles. The number of benzene rings is 2. The average Bonchev–Trinajstić information content (AvgIpc) is 2.49. The van der Waals surface area contributed by atoms with Crippen LogP contribution in [0.5, 0.6) is 17.2 Å². The maximum absolute atomic E-state index is 12.1. The number of hydrogen-bond donors (Lipinski definition) is 3. The predicted octanol–water partition coefficient (Wildman–Crippen LogP) is 2.25. The first-order chi connectivity index (χ1) is 10.1. The molecule has 2 aromatic carbocycles. The van der Waals surface area contributed by atoms with E-state index in [9.17, 15) is 15.0 Å². The van der Waals surface area contributed by atoms with Crippen LogP contribution in [0.15, 0.2) is 42.5 Å². The quantitative estimate of drug-likeness (QED) is 0.747. The third-order valence-electron chi connectivity index (χ3n) is 2.69. The summed E-state index contributed by atoms with van der Waals surface area (Å²) in [7, 11) is 0. The van der Waals surface area contributed by atoms with Crippen molar-refractivity contribution in [2.45, 2.75) is 0 Å². The molecule has 0 aliphatic rings. The fraction of sp³-hybridized carbons (Fsp3) is 0.0667. The minimum atomic E-state index is -0.601. The average molecular weight is 284 g/mol. The van der Waals surface area contributed by atoms with Crippen LogP contribution in [0, 0.1) is 11.3 Å². The van der Waals surface area contributed by atoms with Crippen LogP contribution in [0.3, 0.4) is 0 Å². The highest BCUT2D eigenvalue weighted by atomic mass is 16.5. The van der Waals surface area contributed by atoms with Crippen LogP contribution in [-0.2, 0) is 0 Å². The standard InChI is InChI=1S/C15H12N2O4/c16-8-9-21-13-7-2-1-5-11(13)17-15(20)10-4-3-6-12(18)14(10)19/h1-7,18-19H,9H2,(H,17,20). The lowest BCUT2D eigenvalue weighted by molar-refractivity contribution is 0.102. The fourth-order valence-electron chi connectivity index (χ4n) is 1.71. The lowest BCUT2D eigenvalue weighted by Crippen LogP contribution is -2.13. The molecule has 21 heavy (non-hydrogen) atoms. The Morgan fingerprint density at radius 3 is 2.71 bits per heavy atom. The SMILES string of the molecule is N#CCOc1ccccc1NC(=O)c1cccc(O)c1O. The third kappa shape index (κ3) is 3.22. The Hall–Kier alpha value is -3.20. The van der Waals surface area contributed by atoms with E-state index in [0.717, 1.165) is 0 Å². The molecule has 106 valence electrons. The first-order valence-corrected chi connectivity index (χ1v) is 6.04. The molecule has 0 unspecified atom stereocenters. The molecule has 0 bridgehead atoms. The summed E-state index contributed by atoms with van der Waals surface area (Å²) in [5.41, 5.74) is 0.297. The highest BCUT2D eigenvalue weighted by Gasteiger charge is 2.15. The van der Waals surface area contributed by atoms with Gasteiger partial charge in [-0.15, -0.1) is 0 Å². The van der Waals surface area contributed by atoms with Crippen molar-refractivity contribution in [1.82, 2.24) is 0 Å². The molecule has 3 N–H and O–H groups in total. The van der Waals surface area contributed by atoms with Gasteiger partial charge in [0.2, 0.25) is 0 Å². The van der Waals surface area contributed by atoms with Crippen LogP contribution in [0.25, 0.3) is 0 Å². The van der Waals surface area contributed by atoms with E-state index >= 15 is 0 Å². The van der Waals surface area contributed by atoms with Crippen molar-refractivity contribution in [2.24, 2.45) is 0 Å². The molecular formula is C15H12N2O4. The van der Waals surface area contributed by atoms with Gasteiger partial charge in [-0.2, -0.15) is 5.26 Å². The van der Waals surface area contributed by atoms with Crippen molar-refractivity contribution in [2.75, 3.05) is 11.9 Å². The molecule has 0 radical (unpaired) electrons. The third-order valence-corrected chi connectivity index (χ3v) is 2.69. The first kappa shape index (κ1) is 14.2. The topological polar surface area (TPSA) is 103 Å². The molecule has 1 amide bonds. The van der Waals surface area contributed by atoms with Gasteiger partial charge in [0.05, 0.1) is 11.3 Å². The molecule has 0 atom stereocenters. The van der Waals surface area contributed by atoms with Gasteiger partial charge >= 0.3 is 0 Å². The summed E-state index contributed by atoms with van der Waals surface area (Å²) in [6.45, 7) is -0.149. The summed E-state index contributed by atoms with van der Waals surface area (Å²) in [6, 6.07) is 12.5. The maximum Gasteiger partial charge on any atom is 0.259 e. The van der Waals surface area contributed by atoms with E-state index < -0.39 is 11.7 Å². The minimum absolute atomic E-state index is 0.0647. The number of rotatable bonds is 4. The number of anilines is 1. The summed E-state index contributed by atoms with van der Waals surface area (Å²) < 4.78 is 5.19. The molecule has 0 fully saturated rings. The van der Waals surface area contributed by atoms with E-state index in [1.165, 1.54) is 18.2 Å². The Balaban J connectivity index is 2.24. The highest BCUT2D eigenvalue weighted by molar-refractivity contribution is 6.07. The van der Waals surface area contributed by atoms with E-state index in [0.29, 0.717) is 11.4 Å². The van der Waals surface area contributed by atoms with Crippen molar-refractivity contribution >= 4 is 11.6 Å². The Bertz CT molecular complexity index is 707. The monoisotopic (exact) mass is 284 g/mol. The van der Waals surface area contributed by atoms with Gasteiger partial charge in [0.25, 0.3) is 5.91 Å². The molecule has 2 rings (SSSR count). The molecule has 0 aliphatic carbocycles. The second-order valence-corrected chi connectivity index (χ2v) is 4.07. The fourth-order valence-corrected chi connectivity index (χ4v) is 1.71. The Morgan fingerprint density at radius 1 is 1.19 bits per heavy atom. The number of ether oxygens (including phenoxy) is 1. The highest BCUT2D eigenvalue weighted by Crippen LogP contribution is 2.30. The zero-order valence-corrected chi connectivity index (χ0v) is 10.9. The van der Waals surface area contributed by atoms with E-state index in [-0.39, 0.29) is 17.9 Å². The van der Waals surface area contributed by atoms with Gasteiger partial charge in [-0.1, -0.05) is 18.2 Å². The summed E-state index contributed by atoms with van der Waals surface area (Å²) in [5.74, 6) is -1.13. The van der Waals surface area contributed by atoms with Crippen LogP contribution in [-0.4, -0.2) is 22.7 Å². The molecule has 0 saturated carbocycles. The smallest absolute Gasteiger partial charge is 0.259 e. The molecule has 0 aromatic heterocycles. The molecule has 2 aromatic rings. The van der Waals surface area contributed by atoms with Gasteiger partial charge in [0, 0.05) is 0 Å². The number of amides is 1. The zero-order chi connectivity index (χ0) is 15.2. The molecule has 6 heteroatoms. The van der Waals surface area contributed by atoms with Crippen LogP contribution >= 0.6 is 0 Å². The van der Waals surface area contributed by atoms with Gasteiger partial charge in [-0.25, -0.2) is 0 Å². The lowest BCUT2D eigenvalue weighted by atomic mass is 10.1. The number of carbonyl (C=O) groups is 1. The van der Waals surface area contributed by atoms with E-state index in [4.69, 9.17) is 10.00 Å². The number of nitrogens with one attached hydrogen (secondary N) is 1. The molecule has 0 aliphatic heterocycles. The van der Waals surface area contributed by atoms with Gasteiger partial charge in [0.1, 0.15) is 11.8 Å². The second kappa shape index (κ2) is 6.30. The predicted molar refractivity (Wildman–Crippen MR) is 75.3 cm³/mol. The van der Waals surface area contributed by atoms with Gasteiger partial charge in [0.15, 0.2) is 18.1 Å². The lowest BCUT2D eigenvalue weighted by Gasteiger charge is -2.11. The Morgan fingerprint density at radius 2 is 1.95 bits per heavy atom. The zero-order valence-electron chi connectivity index (χ0n) is 10.9. The number of para-hydroxylation sites is 3. The number of phenols is 2. The molecule has 0 spiro atoms. The molecule has 6 nitrogen and oxygen atoms in total. The number of hydrogen-bond acceptors (Lipinski definition) is 5. The molecule has 0 heterocycles. The van der Waals surface area contributed by atoms with Gasteiger partial charge in [-0.05, 0) is 24.3 Å². The van der Waals surface area contributed by atoms with E-state index in [2.05, 4.69) is 5.32 Å². The van der Waals surface area contributed by atoms with Crippen molar-refractivity contribution < 1.29 is 19.7 Å². The number of nitriles is 1. The van der Waals surface area contributed by atoms with Crippen LogP contribution in [0.1, 0.15) is 10.4 Å². The van der Waals surface area contributed by atoms with Crippen LogP contribution in [0.4, 0.5) is 5.69 Å². The van der Waals surface area contributed by atoms with Crippen molar-refractivity contribution in [3.63, 3.8) is 0 Å². The van der Waals surface area contributed by atoms with Gasteiger partial charge < -0.3 is 20.3 Å².